The third kappa shape index (κ3) is 2.41. The van der Waals surface area contributed by atoms with Crippen molar-refractivity contribution in [3.63, 3.8) is 0 Å². The van der Waals surface area contributed by atoms with Gasteiger partial charge in [0.1, 0.15) is 5.69 Å². The minimum absolute atomic E-state index is 0.0597. The molecular formula is C19H25N3O3. The maximum absolute atomic E-state index is 13.2. The molecule has 4 atom stereocenters. The Hall–Kier alpha value is -2.11. The summed E-state index contributed by atoms with van der Waals surface area (Å²) in [6.45, 7) is 4.45. The molecule has 1 saturated carbocycles. The summed E-state index contributed by atoms with van der Waals surface area (Å²) in [5, 5.41) is 0. The second kappa shape index (κ2) is 5.71. The topological polar surface area (TPSA) is 73.5 Å². The van der Waals surface area contributed by atoms with Gasteiger partial charge in [-0.05, 0) is 25.3 Å². The first-order chi connectivity index (χ1) is 11.9. The molecule has 0 unspecified atom stereocenters. The molecule has 25 heavy (non-hydrogen) atoms. The van der Waals surface area contributed by atoms with Gasteiger partial charge in [0.05, 0.1) is 6.04 Å². The molecule has 2 aliphatic heterocycles. The lowest BCUT2D eigenvalue weighted by Crippen LogP contribution is -2.56. The maximum Gasteiger partial charge on any atom is 0.270 e. The number of aromatic nitrogens is 1. The molecule has 2 amide bonds. The second-order valence-electron chi connectivity index (χ2n) is 7.99. The van der Waals surface area contributed by atoms with E-state index >= 15 is 0 Å². The predicted octanol–water partition coefficient (Wildman–Crippen LogP) is 1.77. The minimum Gasteiger partial charge on any atom is -0.335 e. The average Bonchev–Trinajstić information content (AvgIpc) is 2.69. The van der Waals surface area contributed by atoms with Crippen LogP contribution >= 0.6 is 0 Å². The predicted molar refractivity (Wildman–Crippen MR) is 93.2 cm³/mol. The SMILES string of the molecule is CC(=O)N1[C@@H]2CN(C(=O)c3cccc(=O)[nH]3)[C@@H]3CCCC[C@H]1[C@]3(C)C2. The molecule has 4 rings (SSSR count). The zero-order chi connectivity index (χ0) is 17.8. The molecule has 6 heteroatoms. The standard InChI is InChI=1S/C19H25N3O3/c1-12(23)22-13-10-19(2)15(7-3-4-8-16(19)22)21(11-13)18(25)14-6-5-9-17(24)20-14/h5-6,9,13,15-16H,3-4,7-8,10-11H2,1-2H3,(H,20,24)/t13-,15+,16-,19+/m0/s1. The number of carbonyl (C=O) groups is 2. The first kappa shape index (κ1) is 16.4. The summed E-state index contributed by atoms with van der Waals surface area (Å²) in [6.07, 6.45) is 5.12. The number of amides is 2. The van der Waals surface area contributed by atoms with E-state index in [1.54, 1.807) is 19.1 Å². The molecule has 6 nitrogen and oxygen atoms in total. The number of carbonyl (C=O) groups excluding carboxylic acids is 2. The molecule has 0 spiro atoms. The molecule has 3 heterocycles. The Kier molecular flexibility index (Phi) is 3.74. The fourth-order valence-electron chi connectivity index (χ4n) is 5.59. The molecule has 1 N–H and O–H groups in total. The lowest BCUT2D eigenvalue weighted by atomic mass is 9.71. The number of piperidine rings is 1. The number of rotatable bonds is 1. The molecule has 2 bridgehead atoms. The van der Waals surface area contributed by atoms with Crippen molar-refractivity contribution in [2.45, 2.75) is 64.1 Å². The highest BCUT2D eigenvalue weighted by Crippen LogP contribution is 2.53. The Labute approximate surface area is 147 Å². The molecule has 1 aliphatic carbocycles. The summed E-state index contributed by atoms with van der Waals surface area (Å²) in [5.74, 6) is -0.00790. The van der Waals surface area contributed by atoms with Gasteiger partial charge >= 0.3 is 0 Å². The van der Waals surface area contributed by atoms with Gasteiger partial charge < -0.3 is 14.8 Å². The highest BCUT2D eigenvalue weighted by Gasteiger charge is 2.60. The molecule has 1 aromatic heterocycles. The van der Waals surface area contributed by atoms with Crippen LogP contribution in [-0.4, -0.2) is 51.3 Å². The van der Waals surface area contributed by atoms with Gasteiger partial charge in [0.25, 0.3) is 5.91 Å². The molecule has 134 valence electrons. The quantitative estimate of drug-likeness (QED) is 0.844. The van der Waals surface area contributed by atoms with Crippen molar-refractivity contribution in [3.05, 3.63) is 34.2 Å². The van der Waals surface area contributed by atoms with Crippen LogP contribution in [0.5, 0.6) is 0 Å². The summed E-state index contributed by atoms with van der Waals surface area (Å²) in [7, 11) is 0. The Bertz CT molecular complexity index is 773. The van der Waals surface area contributed by atoms with Crippen LogP contribution in [0.25, 0.3) is 0 Å². The average molecular weight is 343 g/mol. The van der Waals surface area contributed by atoms with Crippen LogP contribution in [0.1, 0.15) is 56.4 Å². The Morgan fingerprint density at radius 1 is 1.20 bits per heavy atom. The summed E-state index contributed by atoms with van der Waals surface area (Å²) < 4.78 is 0. The van der Waals surface area contributed by atoms with E-state index in [0.29, 0.717) is 12.2 Å². The summed E-state index contributed by atoms with van der Waals surface area (Å²) in [4.78, 5) is 43.7. The number of aromatic amines is 1. The molecule has 0 radical (unpaired) electrons. The van der Waals surface area contributed by atoms with Crippen LogP contribution in [-0.2, 0) is 4.79 Å². The number of H-pyrrole nitrogens is 1. The van der Waals surface area contributed by atoms with Crippen molar-refractivity contribution in [1.82, 2.24) is 14.8 Å². The molecular weight excluding hydrogens is 318 g/mol. The number of pyridine rings is 1. The smallest absolute Gasteiger partial charge is 0.270 e. The van der Waals surface area contributed by atoms with Crippen molar-refractivity contribution >= 4 is 11.8 Å². The van der Waals surface area contributed by atoms with E-state index in [1.165, 1.54) is 6.07 Å². The molecule has 2 saturated heterocycles. The normalized spacial score (nSPS) is 33.9. The third-order valence-corrected chi connectivity index (χ3v) is 6.54. The minimum atomic E-state index is -0.263. The lowest BCUT2D eigenvalue weighted by Gasteiger charge is -2.46. The number of nitrogens with zero attached hydrogens (tertiary/aromatic N) is 2. The van der Waals surface area contributed by atoms with Crippen molar-refractivity contribution in [3.8, 4) is 0 Å². The number of hydrogen-bond acceptors (Lipinski definition) is 3. The summed E-state index contributed by atoms with van der Waals surface area (Å²) in [5.41, 5.74) is 0.0178. The lowest BCUT2D eigenvalue weighted by molar-refractivity contribution is -0.132. The molecule has 0 aromatic carbocycles. The van der Waals surface area contributed by atoms with Gasteiger partial charge in [-0.2, -0.15) is 0 Å². The number of hydrogen-bond donors (Lipinski definition) is 1. The van der Waals surface area contributed by atoms with Gasteiger partial charge in [0, 0.05) is 37.0 Å². The van der Waals surface area contributed by atoms with E-state index in [9.17, 15) is 14.4 Å². The van der Waals surface area contributed by atoms with E-state index in [4.69, 9.17) is 0 Å². The van der Waals surface area contributed by atoms with Crippen LogP contribution < -0.4 is 5.56 Å². The monoisotopic (exact) mass is 343 g/mol. The number of nitrogens with one attached hydrogen (secondary N) is 1. The van der Waals surface area contributed by atoms with Crippen molar-refractivity contribution in [2.24, 2.45) is 5.41 Å². The van der Waals surface area contributed by atoms with E-state index in [0.717, 1.165) is 32.1 Å². The van der Waals surface area contributed by atoms with E-state index in [2.05, 4.69) is 11.9 Å². The van der Waals surface area contributed by atoms with Crippen LogP contribution in [0.4, 0.5) is 0 Å². The second-order valence-corrected chi connectivity index (χ2v) is 7.99. The van der Waals surface area contributed by atoms with Crippen molar-refractivity contribution in [2.75, 3.05) is 6.54 Å². The number of fused-ring (bicyclic) bond motifs is 1. The van der Waals surface area contributed by atoms with E-state index < -0.39 is 0 Å². The van der Waals surface area contributed by atoms with Crippen LogP contribution in [0.3, 0.4) is 0 Å². The first-order valence-electron chi connectivity index (χ1n) is 9.21. The first-order valence-corrected chi connectivity index (χ1v) is 9.21. The van der Waals surface area contributed by atoms with Gasteiger partial charge in [0.2, 0.25) is 11.5 Å². The van der Waals surface area contributed by atoms with Gasteiger partial charge in [-0.15, -0.1) is 0 Å². The zero-order valence-electron chi connectivity index (χ0n) is 14.8. The Morgan fingerprint density at radius 3 is 2.60 bits per heavy atom. The summed E-state index contributed by atoms with van der Waals surface area (Å²) in [6, 6.07) is 5.12. The maximum atomic E-state index is 13.2. The molecule has 3 aliphatic rings. The fraction of sp³-hybridized carbons (Fsp3) is 0.632. The number of likely N-dealkylation sites (tertiary alicyclic amines) is 2. The van der Waals surface area contributed by atoms with Gasteiger partial charge in [0.15, 0.2) is 0 Å². The van der Waals surface area contributed by atoms with Crippen molar-refractivity contribution in [1.29, 1.82) is 0 Å². The van der Waals surface area contributed by atoms with E-state index in [-0.39, 0.29) is 40.9 Å². The van der Waals surface area contributed by atoms with Gasteiger partial charge in [-0.3, -0.25) is 14.4 Å². The van der Waals surface area contributed by atoms with Crippen molar-refractivity contribution < 1.29 is 9.59 Å². The molecule has 3 fully saturated rings. The largest absolute Gasteiger partial charge is 0.335 e. The highest BCUT2D eigenvalue weighted by atomic mass is 16.2. The van der Waals surface area contributed by atoms with Crippen LogP contribution in [0.15, 0.2) is 23.0 Å². The van der Waals surface area contributed by atoms with Gasteiger partial charge in [-0.25, -0.2) is 0 Å². The third-order valence-electron chi connectivity index (χ3n) is 6.54. The van der Waals surface area contributed by atoms with Crippen LogP contribution in [0.2, 0.25) is 0 Å². The molecule has 1 aromatic rings. The fourth-order valence-corrected chi connectivity index (χ4v) is 5.59. The Morgan fingerprint density at radius 2 is 1.92 bits per heavy atom. The zero-order valence-corrected chi connectivity index (χ0v) is 14.8. The summed E-state index contributed by atoms with van der Waals surface area (Å²) >= 11 is 0. The Balaban J connectivity index is 1.74. The highest BCUT2D eigenvalue weighted by molar-refractivity contribution is 5.92. The van der Waals surface area contributed by atoms with Crippen LogP contribution in [0, 0.1) is 5.41 Å². The van der Waals surface area contributed by atoms with Gasteiger partial charge in [-0.1, -0.05) is 25.8 Å². The van der Waals surface area contributed by atoms with E-state index in [1.807, 2.05) is 9.80 Å².